The van der Waals surface area contributed by atoms with Gasteiger partial charge in [-0.15, -0.1) is 0 Å². The third-order valence-electron chi connectivity index (χ3n) is 2.36. The van der Waals surface area contributed by atoms with Crippen LogP contribution in [0, 0.1) is 11.6 Å². The van der Waals surface area contributed by atoms with Gasteiger partial charge < -0.3 is 16.4 Å². The minimum absolute atomic E-state index is 0.0517. The largest absolute Gasteiger partial charge is 0.368 e. The number of hydrogen-bond acceptors (Lipinski definition) is 3. The van der Waals surface area contributed by atoms with E-state index in [0.717, 1.165) is 12.1 Å². The number of halogens is 2. The fourth-order valence-electron chi connectivity index (χ4n) is 1.58. The maximum absolute atomic E-state index is 13.7. The zero-order valence-corrected chi connectivity index (χ0v) is 9.54. The number of hydrogen-bond donors (Lipinski definition) is 2. The SMILES string of the molecule is CCN(CC(N)=O)c1c(F)cc(CN)cc1F. The average molecular weight is 243 g/mol. The standard InChI is InChI=1S/C11H15F2N3O/c1-2-16(6-10(15)17)11-8(12)3-7(5-14)4-9(11)13/h3-4H,2,5-6,14H2,1H3,(H2,15,17). The van der Waals surface area contributed by atoms with Gasteiger partial charge in [-0.1, -0.05) is 0 Å². The molecule has 4 N–H and O–H groups in total. The number of primary amides is 1. The van der Waals surface area contributed by atoms with Crippen LogP contribution in [0.3, 0.4) is 0 Å². The molecule has 0 aromatic heterocycles. The van der Waals surface area contributed by atoms with E-state index in [1.165, 1.54) is 4.90 Å². The number of anilines is 1. The first-order chi connectivity index (χ1) is 7.99. The molecule has 0 saturated carbocycles. The molecule has 0 fully saturated rings. The van der Waals surface area contributed by atoms with Crippen molar-refractivity contribution in [3.8, 4) is 0 Å². The summed E-state index contributed by atoms with van der Waals surface area (Å²) in [6.45, 7) is 1.78. The van der Waals surface area contributed by atoms with Crippen LogP contribution in [0.1, 0.15) is 12.5 Å². The van der Waals surface area contributed by atoms with Crippen molar-refractivity contribution in [2.75, 3.05) is 18.0 Å². The molecule has 0 heterocycles. The molecule has 6 heteroatoms. The molecule has 0 spiro atoms. The Morgan fingerprint density at radius 2 is 1.88 bits per heavy atom. The molecule has 1 aromatic rings. The van der Waals surface area contributed by atoms with E-state index in [-0.39, 0.29) is 25.3 Å². The van der Waals surface area contributed by atoms with E-state index in [1.54, 1.807) is 6.92 Å². The van der Waals surface area contributed by atoms with Crippen molar-refractivity contribution in [3.05, 3.63) is 29.3 Å². The number of nitrogens with two attached hydrogens (primary N) is 2. The third-order valence-corrected chi connectivity index (χ3v) is 2.36. The Bertz CT molecular complexity index is 400. The summed E-state index contributed by atoms with van der Waals surface area (Å²) in [6.07, 6.45) is 0. The van der Waals surface area contributed by atoms with Gasteiger partial charge in [-0.3, -0.25) is 4.79 Å². The Balaban J connectivity index is 3.15. The van der Waals surface area contributed by atoms with Gasteiger partial charge in [0.15, 0.2) is 0 Å². The first kappa shape index (κ1) is 13.4. The van der Waals surface area contributed by atoms with Gasteiger partial charge in [0.1, 0.15) is 17.3 Å². The quantitative estimate of drug-likeness (QED) is 0.801. The first-order valence-corrected chi connectivity index (χ1v) is 5.20. The van der Waals surface area contributed by atoms with Crippen LogP contribution in [0.2, 0.25) is 0 Å². The second kappa shape index (κ2) is 5.58. The van der Waals surface area contributed by atoms with E-state index in [9.17, 15) is 13.6 Å². The van der Waals surface area contributed by atoms with Gasteiger partial charge in [-0.2, -0.15) is 0 Å². The summed E-state index contributed by atoms with van der Waals surface area (Å²) in [6, 6.07) is 2.31. The minimum Gasteiger partial charge on any atom is -0.368 e. The van der Waals surface area contributed by atoms with Crippen molar-refractivity contribution in [1.29, 1.82) is 0 Å². The van der Waals surface area contributed by atoms with Crippen LogP contribution in [0.15, 0.2) is 12.1 Å². The molecule has 0 saturated heterocycles. The van der Waals surface area contributed by atoms with Crippen molar-refractivity contribution in [2.24, 2.45) is 11.5 Å². The number of carbonyl (C=O) groups excluding carboxylic acids is 1. The molecule has 0 aliphatic rings. The highest BCUT2D eigenvalue weighted by Gasteiger charge is 2.18. The molecule has 94 valence electrons. The molecule has 4 nitrogen and oxygen atoms in total. The van der Waals surface area contributed by atoms with Gasteiger partial charge in [0, 0.05) is 13.1 Å². The zero-order valence-electron chi connectivity index (χ0n) is 9.54. The van der Waals surface area contributed by atoms with Gasteiger partial charge in [-0.05, 0) is 24.6 Å². The third kappa shape index (κ3) is 3.13. The summed E-state index contributed by atoms with van der Waals surface area (Å²) in [5.74, 6) is -2.13. The van der Waals surface area contributed by atoms with Crippen LogP contribution in [-0.2, 0) is 11.3 Å². The van der Waals surface area contributed by atoms with Crippen molar-refractivity contribution in [1.82, 2.24) is 0 Å². The number of benzene rings is 1. The summed E-state index contributed by atoms with van der Waals surface area (Å²) in [5.41, 5.74) is 10.4. The predicted octanol–water partition coefficient (Wildman–Crippen LogP) is 0.735. The Labute approximate surface area is 98.2 Å². The van der Waals surface area contributed by atoms with Crippen LogP contribution in [0.25, 0.3) is 0 Å². The molecule has 0 aliphatic carbocycles. The molecular formula is C11H15F2N3O. The molecule has 1 rings (SSSR count). The number of likely N-dealkylation sites (N-methyl/N-ethyl adjacent to an activating group) is 1. The monoisotopic (exact) mass is 243 g/mol. The smallest absolute Gasteiger partial charge is 0.236 e. The van der Waals surface area contributed by atoms with E-state index in [0.29, 0.717) is 5.56 Å². The summed E-state index contributed by atoms with van der Waals surface area (Å²) in [4.78, 5) is 12.0. The summed E-state index contributed by atoms with van der Waals surface area (Å²) < 4.78 is 27.4. The van der Waals surface area contributed by atoms with E-state index in [2.05, 4.69) is 0 Å². The Kier molecular flexibility index (Phi) is 4.39. The Morgan fingerprint density at radius 1 is 1.35 bits per heavy atom. The van der Waals surface area contributed by atoms with Crippen molar-refractivity contribution in [2.45, 2.75) is 13.5 Å². The summed E-state index contributed by atoms with van der Waals surface area (Å²) in [5, 5.41) is 0. The summed E-state index contributed by atoms with van der Waals surface area (Å²) >= 11 is 0. The molecule has 1 aromatic carbocycles. The second-order valence-electron chi connectivity index (χ2n) is 3.59. The Hall–Kier alpha value is -1.69. The van der Waals surface area contributed by atoms with Crippen LogP contribution in [0.5, 0.6) is 0 Å². The lowest BCUT2D eigenvalue weighted by molar-refractivity contribution is -0.116. The number of carbonyl (C=O) groups is 1. The maximum atomic E-state index is 13.7. The van der Waals surface area contributed by atoms with Gasteiger partial charge in [0.25, 0.3) is 0 Å². The number of rotatable bonds is 5. The molecule has 0 unspecified atom stereocenters. The fraction of sp³-hybridized carbons (Fsp3) is 0.364. The lowest BCUT2D eigenvalue weighted by Crippen LogP contribution is -2.34. The van der Waals surface area contributed by atoms with E-state index in [1.807, 2.05) is 0 Å². The van der Waals surface area contributed by atoms with E-state index < -0.39 is 17.5 Å². The van der Waals surface area contributed by atoms with Crippen LogP contribution < -0.4 is 16.4 Å². The summed E-state index contributed by atoms with van der Waals surface area (Å²) in [7, 11) is 0. The maximum Gasteiger partial charge on any atom is 0.236 e. The molecule has 0 atom stereocenters. The molecule has 0 bridgehead atoms. The zero-order chi connectivity index (χ0) is 13.0. The molecule has 0 radical (unpaired) electrons. The van der Waals surface area contributed by atoms with Crippen LogP contribution in [-0.4, -0.2) is 19.0 Å². The van der Waals surface area contributed by atoms with Gasteiger partial charge >= 0.3 is 0 Å². The van der Waals surface area contributed by atoms with Gasteiger partial charge in [0.2, 0.25) is 5.91 Å². The molecule has 17 heavy (non-hydrogen) atoms. The van der Waals surface area contributed by atoms with Crippen LogP contribution in [0.4, 0.5) is 14.5 Å². The van der Waals surface area contributed by atoms with Gasteiger partial charge in [-0.25, -0.2) is 8.78 Å². The second-order valence-corrected chi connectivity index (χ2v) is 3.59. The topological polar surface area (TPSA) is 72.3 Å². The Morgan fingerprint density at radius 3 is 2.24 bits per heavy atom. The highest BCUT2D eigenvalue weighted by atomic mass is 19.1. The lowest BCUT2D eigenvalue weighted by atomic mass is 10.1. The van der Waals surface area contributed by atoms with E-state index >= 15 is 0 Å². The number of amides is 1. The number of nitrogens with zero attached hydrogens (tertiary/aromatic N) is 1. The molecule has 1 amide bonds. The highest BCUT2D eigenvalue weighted by molar-refractivity contribution is 5.79. The van der Waals surface area contributed by atoms with Crippen LogP contribution >= 0.6 is 0 Å². The van der Waals surface area contributed by atoms with Crippen molar-refractivity contribution in [3.63, 3.8) is 0 Å². The molecular weight excluding hydrogens is 228 g/mol. The fourth-order valence-corrected chi connectivity index (χ4v) is 1.58. The van der Waals surface area contributed by atoms with E-state index in [4.69, 9.17) is 11.5 Å². The lowest BCUT2D eigenvalue weighted by Gasteiger charge is -2.22. The normalized spacial score (nSPS) is 10.4. The minimum atomic E-state index is -0.742. The van der Waals surface area contributed by atoms with Crippen molar-refractivity contribution < 1.29 is 13.6 Å². The predicted molar refractivity (Wildman–Crippen MR) is 61.3 cm³/mol. The highest BCUT2D eigenvalue weighted by Crippen LogP contribution is 2.24. The van der Waals surface area contributed by atoms with Crippen molar-refractivity contribution >= 4 is 11.6 Å². The molecule has 0 aliphatic heterocycles. The first-order valence-electron chi connectivity index (χ1n) is 5.20. The average Bonchev–Trinajstić information content (AvgIpc) is 2.25. The van der Waals surface area contributed by atoms with Gasteiger partial charge in [0.05, 0.1) is 6.54 Å².